The van der Waals surface area contributed by atoms with E-state index in [2.05, 4.69) is 10.3 Å². The largest absolute Gasteiger partial charge is 0.441 e. The lowest BCUT2D eigenvalue weighted by atomic mass is 10.2. The third kappa shape index (κ3) is 5.11. The van der Waals surface area contributed by atoms with Gasteiger partial charge in [-0.15, -0.1) is 0 Å². The highest BCUT2D eigenvalue weighted by Gasteiger charge is 2.11. The van der Waals surface area contributed by atoms with E-state index in [9.17, 15) is 4.79 Å². The number of aromatic nitrogens is 1. The Morgan fingerprint density at radius 1 is 1.15 bits per heavy atom. The number of halogens is 1. The van der Waals surface area contributed by atoms with Crippen molar-refractivity contribution in [1.29, 1.82) is 0 Å². The Morgan fingerprint density at radius 3 is 2.59 bits per heavy atom. The van der Waals surface area contributed by atoms with Crippen LogP contribution < -0.4 is 10.2 Å². The molecule has 0 aliphatic carbocycles. The van der Waals surface area contributed by atoms with Crippen LogP contribution in [-0.2, 0) is 17.8 Å². The molecule has 5 nitrogen and oxygen atoms in total. The maximum atomic E-state index is 12.1. The first-order chi connectivity index (χ1) is 13.0. The topological polar surface area (TPSA) is 58.4 Å². The second-order valence-electron chi connectivity index (χ2n) is 6.44. The van der Waals surface area contributed by atoms with Crippen molar-refractivity contribution < 1.29 is 9.21 Å². The minimum atomic E-state index is -0.0378. The molecule has 27 heavy (non-hydrogen) atoms. The molecule has 0 fully saturated rings. The molecule has 0 saturated heterocycles. The number of nitrogens with zero attached hydrogens (tertiary/aromatic N) is 2. The lowest BCUT2D eigenvalue weighted by Gasteiger charge is -2.12. The van der Waals surface area contributed by atoms with Gasteiger partial charge in [0.1, 0.15) is 0 Å². The average Bonchev–Trinajstić information content (AvgIpc) is 3.14. The third-order valence-corrected chi connectivity index (χ3v) is 4.53. The van der Waals surface area contributed by atoms with Crippen molar-refractivity contribution >= 4 is 23.2 Å². The lowest BCUT2D eigenvalue weighted by Crippen LogP contribution is -2.23. The molecular formula is C21H22ClN3O2. The number of rotatable bonds is 7. The Balaban J connectivity index is 1.49. The van der Waals surface area contributed by atoms with E-state index in [1.54, 1.807) is 12.3 Å². The van der Waals surface area contributed by atoms with Crippen LogP contribution in [0.4, 0.5) is 5.69 Å². The predicted octanol–water partition coefficient (Wildman–Crippen LogP) is 4.31. The third-order valence-electron chi connectivity index (χ3n) is 4.20. The van der Waals surface area contributed by atoms with Gasteiger partial charge in [0.05, 0.1) is 11.2 Å². The van der Waals surface area contributed by atoms with Crippen molar-refractivity contribution in [3.63, 3.8) is 0 Å². The SMILES string of the molecule is CN(C)c1ccc(CNC(=O)CCc2ncc(-c3ccccc3Cl)o2)cc1. The second-order valence-corrected chi connectivity index (χ2v) is 6.84. The number of anilines is 1. The van der Waals surface area contributed by atoms with E-state index >= 15 is 0 Å². The average molecular weight is 384 g/mol. The minimum Gasteiger partial charge on any atom is -0.441 e. The molecule has 0 bridgehead atoms. The first kappa shape index (κ1) is 19.0. The Hall–Kier alpha value is -2.79. The van der Waals surface area contributed by atoms with Crippen LogP contribution in [0, 0.1) is 0 Å². The standard InChI is InChI=1S/C21H22ClN3O2/c1-25(2)16-9-7-15(8-10-16)13-23-20(26)11-12-21-24-14-19(27-21)17-5-3-4-6-18(17)22/h3-10,14H,11-13H2,1-2H3,(H,23,26). The van der Waals surface area contributed by atoms with E-state index in [0.717, 1.165) is 16.8 Å². The van der Waals surface area contributed by atoms with Crippen LogP contribution >= 0.6 is 11.6 Å². The summed E-state index contributed by atoms with van der Waals surface area (Å²) < 4.78 is 5.72. The van der Waals surface area contributed by atoms with Crippen LogP contribution in [-0.4, -0.2) is 25.0 Å². The van der Waals surface area contributed by atoms with Gasteiger partial charge in [0.15, 0.2) is 11.7 Å². The predicted molar refractivity (Wildman–Crippen MR) is 108 cm³/mol. The van der Waals surface area contributed by atoms with E-state index in [1.165, 1.54) is 0 Å². The molecular weight excluding hydrogens is 362 g/mol. The monoisotopic (exact) mass is 383 g/mol. The molecule has 1 N–H and O–H groups in total. The van der Waals surface area contributed by atoms with Gasteiger partial charge in [-0.3, -0.25) is 4.79 Å². The highest BCUT2D eigenvalue weighted by Crippen LogP contribution is 2.28. The highest BCUT2D eigenvalue weighted by molar-refractivity contribution is 6.33. The minimum absolute atomic E-state index is 0.0378. The van der Waals surface area contributed by atoms with E-state index < -0.39 is 0 Å². The number of nitrogens with one attached hydrogen (secondary N) is 1. The van der Waals surface area contributed by atoms with Gasteiger partial charge in [0.2, 0.25) is 5.91 Å². The number of carbonyl (C=O) groups excluding carboxylic acids is 1. The van der Waals surface area contributed by atoms with E-state index in [1.807, 2.05) is 61.5 Å². The molecule has 140 valence electrons. The molecule has 3 aromatic rings. The zero-order valence-corrected chi connectivity index (χ0v) is 16.2. The van der Waals surface area contributed by atoms with Crippen LogP contribution in [0.1, 0.15) is 17.9 Å². The summed E-state index contributed by atoms with van der Waals surface area (Å²) in [4.78, 5) is 18.4. The number of aryl methyl sites for hydroxylation is 1. The fraction of sp³-hybridized carbons (Fsp3) is 0.238. The second kappa shape index (κ2) is 8.73. The van der Waals surface area contributed by atoms with Crippen molar-refractivity contribution in [2.45, 2.75) is 19.4 Å². The van der Waals surface area contributed by atoms with Crippen LogP contribution in [0.3, 0.4) is 0 Å². The number of amides is 1. The van der Waals surface area contributed by atoms with Crippen molar-refractivity contribution in [3.8, 4) is 11.3 Å². The van der Waals surface area contributed by atoms with Crippen LogP contribution in [0.2, 0.25) is 5.02 Å². The van der Waals surface area contributed by atoms with Gasteiger partial charge < -0.3 is 14.6 Å². The zero-order valence-electron chi connectivity index (χ0n) is 15.4. The van der Waals surface area contributed by atoms with Gasteiger partial charge in [0.25, 0.3) is 0 Å². The molecule has 6 heteroatoms. The smallest absolute Gasteiger partial charge is 0.220 e. The molecule has 3 rings (SSSR count). The Bertz CT molecular complexity index is 904. The molecule has 1 heterocycles. The summed E-state index contributed by atoms with van der Waals surface area (Å²) in [5.41, 5.74) is 2.98. The van der Waals surface area contributed by atoms with Crippen LogP contribution in [0.15, 0.2) is 59.1 Å². The summed E-state index contributed by atoms with van der Waals surface area (Å²) in [7, 11) is 3.99. The van der Waals surface area contributed by atoms with Gasteiger partial charge in [0, 0.05) is 44.7 Å². The molecule has 0 unspecified atom stereocenters. The van der Waals surface area contributed by atoms with Crippen molar-refractivity contribution in [1.82, 2.24) is 10.3 Å². The van der Waals surface area contributed by atoms with Gasteiger partial charge in [-0.25, -0.2) is 4.98 Å². The first-order valence-corrected chi connectivity index (χ1v) is 9.13. The fourth-order valence-electron chi connectivity index (χ4n) is 2.63. The van der Waals surface area contributed by atoms with Crippen LogP contribution in [0.25, 0.3) is 11.3 Å². The molecule has 0 aliphatic rings. The quantitative estimate of drug-likeness (QED) is 0.660. The Labute approximate surface area is 164 Å². The number of carbonyl (C=O) groups is 1. The molecule has 0 radical (unpaired) electrons. The van der Waals surface area contributed by atoms with Gasteiger partial charge in [-0.1, -0.05) is 35.9 Å². The first-order valence-electron chi connectivity index (χ1n) is 8.75. The van der Waals surface area contributed by atoms with Crippen molar-refractivity contribution in [2.75, 3.05) is 19.0 Å². The molecule has 0 atom stereocenters. The molecule has 2 aromatic carbocycles. The van der Waals surface area contributed by atoms with Gasteiger partial charge >= 0.3 is 0 Å². The summed E-state index contributed by atoms with van der Waals surface area (Å²) in [5.74, 6) is 1.09. The molecule has 1 aromatic heterocycles. The van der Waals surface area contributed by atoms with E-state index in [-0.39, 0.29) is 5.91 Å². The van der Waals surface area contributed by atoms with Crippen LogP contribution in [0.5, 0.6) is 0 Å². The summed E-state index contributed by atoms with van der Waals surface area (Å²) in [5, 5.41) is 3.53. The highest BCUT2D eigenvalue weighted by atomic mass is 35.5. The van der Waals surface area contributed by atoms with E-state index in [4.69, 9.17) is 16.0 Å². The molecule has 0 aliphatic heterocycles. The number of hydrogen-bond acceptors (Lipinski definition) is 4. The normalized spacial score (nSPS) is 10.6. The number of benzene rings is 2. The van der Waals surface area contributed by atoms with Crippen molar-refractivity contribution in [2.24, 2.45) is 0 Å². The molecule has 0 spiro atoms. The lowest BCUT2D eigenvalue weighted by molar-refractivity contribution is -0.121. The summed E-state index contributed by atoms with van der Waals surface area (Å²) in [6, 6.07) is 15.5. The molecule has 1 amide bonds. The summed E-state index contributed by atoms with van der Waals surface area (Å²) in [6.07, 6.45) is 2.40. The Morgan fingerprint density at radius 2 is 1.89 bits per heavy atom. The summed E-state index contributed by atoms with van der Waals surface area (Å²) in [6.45, 7) is 0.503. The Kier molecular flexibility index (Phi) is 6.14. The van der Waals surface area contributed by atoms with Gasteiger partial charge in [-0.2, -0.15) is 0 Å². The van der Waals surface area contributed by atoms with Gasteiger partial charge in [-0.05, 0) is 29.8 Å². The van der Waals surface area contributed by atoms with E-state index in [0.29, 0.717) is 36.1 Å². The maximum Gasteiger partial charge on any atom is 0.220 e. The maximum absolute atomic E-state index is 12.1. The number of oxazole rings is 1. The summed E-state index contributed by atoms with van der Waals surface area (Å²) >= 11 is 6.17. The zero-order chi connectivity index (χ0) is 19.2. The number of hydrogen-bond donors (Lipinski definition) is 1. The fourth-order valence-corrected chi connectivity index (χ4v) is 2.86. The molecule has 0 saturated carbocycles. The van der Waals surface area contributed by atoms with Crippen molar-refractivity contribution in [3.05, 3.63) is 71.2 Å².